The van der Waals surface area contributed by atoms with Gasteiger partial charge >= 0.3 is 0 Å². The van der Waals surface area contributed by atoms with Crippen molar-refractivity contribution in [3.05, 3.63) is 48.0 Å². The standard InChI is InChI=1S/C19H20N8O/c1-12-15-9-13(10-21-18(15)25(2)23-12)19(28)26-7-5-14(11-26)22-16-3-4-17-20-6-8-27(17)24-16/h3-4,6,8-10,14H,5,7,11H2,1-2H3,(H,22,24). The number of hydrogen-bond acceptors (Lipinski definition) is 6. The van der Waals surface area contributed by atoms with Gasteiger partial charge in [-0.1, -0.05) is 0 Å². The minimum atomic E-state index is -0.0000241. The molecule has 4 aromatic heterocycles. The zero-order valence-electron chi connectivity index (χ0n) is 15.7. The van der Waals surface area contributed by atoms with Crippen LogP contribution in [0.15, 0.2) is 36.8 Å². The van der Waals surface area contributed by atoms with Crippen molar-refractivity contribution in [2.75, 3.05) is 18.4 Å². The predicted molar refractivity (Wildman–Crippen MR) is 104 cm³/mol. The van der Waals surface area contributed by atoms with E-state index < -0.39 is 0 Å². The summed E-state index contributed by atoms with van der Waals surface area (Å²) in [6.07, 6.45) is 6.05. The first kappa shape index (κ1) is 16.7. The molecule has 5 rings (SSSR count). The van der Waals surface area contributed by atoms with E-state index in [-0.39, 0.29) is 11.9 Å². The van der Waals surface area contributed by atoms with Gasteiger partial charge in [0.2, 0.25) is 0 Å². The maximum absolute atomic E-state index is 12.9. The molecule has 0 aliphatic carbocycles. The summed E-state index contributed by atoms with van der Waals surface area (Å²) < 4.78 is 3.47. The zero-order chi connectivity index (χ0) is 19.3. The molecule has 1 aliphatic heterocycles. The third kappa shape index (κ3) is 2.75. The molecule has 1 N–H and O–H groups in total. The highest BCUT2D eigenvalue weighted by Gasteiger charge is 2.27. The van der Waals surface area contributed by atoms with Gasteiger partial charge in [-0.15, -0.1) is 5.10 Å². The molecule has 28 heavy (non-hydrogen) atoms. The van der Waals surface area contributed by atoms with Crippen molar-refractivity contribution < 1.29 is 4.79 Å². The summed E-state index contributed by atoms with van der Waals surface area (Å²) in [6.45, 7) is 3.26. The number of amides is 1. The van der Waals surface area contributed by atoms with Crippen LogP contribution >= 0.6 is 0 Å². The number of pyridine rings is 1. The quantitative estimate of drug-likeness (QED) is 0.584. The number of nitrogens with zero attached hydrogens (tertiary/aromatic N) is 7. The summed E-state index contributed by atoms with van der Waals surface area (Å²) in [7, 11) is 1.86. The SMILES string of the molecule is Cc1nn(C)c2ncc(C(=O)N3CCC(Nc4ccc5nccn5n4)C3)cc12. The van der Waals surface area contributed by atoms with Crippen LogP contribution in [0.25, 0.3) is 16.7 Å². The van der Waals surface area contributed by atoms with Crippen LogP contribution in [0.4, 0.5) is 5.82 Å². The van der Waals surface area contributed by atoms with Crippen LogP contribution in [0, 0.1) is 6.92 Å². The highest BCUT2D eigenvalue weighted by Crippen LogP contribution is 2.20. The maximum Gasteiger partial charge on any atom is 0.255 e. The lowest BCUT2D eigenvalue weighted by molar-refractivity contribution is 0.0791. The lowest BCUT2D eigenvalue weighted by Gasteiger charge is -2.17. The fourth-order valence-corrected chi connectivity index (χ4v) is 3.77. The van der Waals surface area contributed by atoms with E-state index in [1.54, 1.807) is 21.6 Å². The van der Waals surface area contributed by atoms with E-state index in [0.29, 0.717) is 18.7 Å². The molecule has 0 aromatic carbocycles. The van der Waals surface area contributed by atoms with E-state index in [9.17, 15) is 4.79 Å². The van der Waals surface area contributed by atoms with Crippen LogP contribution < -0.4 is 5.32 Å². The highest BCUT2D eigenvalue weighted by molar-refractivity contribution is 5.97. The molecular formula is C19H20N8O. The van der Waals surface area contributed by atoms with E-state index in [4.69, 9.17) is 0 Å². The Kier molecular flexibility index (Phi) is 3.75. The largest absolute Gasteiger partial charge is 0.364 e. The number of anilines is 1. The van der Waals surface area contributed by atoms with Crippen molar-refractivity contribution in [3.63, 3.8) is 0 Å². The van der Waals surface area contributed by atoms with Crippen LogP contribution in [0.2, 0.25) is 0 Å². The van der Waals surface area contributed by atoms with Crippen molar-refractivity contribution in [3.8, 4) is 0 Å². The number of aryl methyl sites for hydroxylation is 2. The second-order valence-corrected chi connectivity index (χ2v) is 7.13. The Labute approximate surface area is 161 Å². The second-order valence-electron chi connectivity index (χ2n) is 7.13. The van der Waals surface area contributed by atoms with Crippen LogP contribution in [-0.4, -0.2) is 59.3 Å². The van der Waals surface area contributed by atoms with Gasteiger partial charge in [-0.3, -0.25) is 9.48 Å². The Hall–Kier alpha value is -3.49. The number of rotatable bonds is 3. The molecule has 5 heterocycles. The van der Waals surface area contributed by atoms with E-state index in [1.807, 2.05) is 43.3 Å². The molecule has 0 bridgehead atoms. The molecule has 0 radical (unpaired) electrons. The lowest BCUT2D eigenvalue weighted by atomic mass is 10.2. The van der Waals surface area contributed by atoms with Gasteiger partial charge in [0, 0.05) is 50.2 Å². The molecule has 1 aliphatic rings. The summed E-state index contributed by atoms with van der Waals surface area (Å²) >= 11 is 0. The molecule has 1 fully saturated rings. The zero-order valence-corrected chi connectivity index (χ0v) is 15.7. The lowest BCUT2D eigenvalue weighted by Crippen LogP contribution is -2.31. The molecule has 1 amide bonds. The first-order chi connectivity index (χ1) is 13.6. The summed E-state index contributed by atoms with van der Waals surface area (Å²) in [4.78, 5) is 23.4. The fourth-order valence-electron chi connectivity index (χ4n) is 3.77. The van der Waals surface area contributed by atoms with Crippen LogP contribution in [0.5, 0.6) is 0 Å². The van der Waals surface area contributed by atoms with Gasteiger partial charge < -0.3 is 10.2 Å². The van der Waals surface area contributed by atoms with Gasteiger partial charge in [0.15, 0.2) is 11.3 Å². The van der Waals surface area contributed by atoms with Gasteiger partial charge in [-0.05, 0) is 31.5 Å². The van der Waals surface area contributed by atoms with Crippen molar-refractivity contribution in [1.82, 2.24) is 34.3 Å². The Morgan fingerprint density at radius 3 is 3.04 bits per heavy atom. The van der Waals surface area contributed by atoms with Crippen molar-refractivity contribution in [2.24, 2.45) is 7.05 Å². The first-order valence-corrected chi connectivity index (χ1v) is 9.24. The molecule has 9 heteroatoms. The average molecular weight is 376 g/mol. The van der Waals surface area contributed by atoms with Gasteiger partial charge in [-0.25, -0.2) is 14.5 Å². The third-order valence-corrected chi connectivity index (χ3v) is 5.19. The Morgan fingerprint density at radius 2 is 2.14 bits per heavy atom. The van der Waals surface area contributed by atoms with Gasteiger partial charge in [0.05, 0.1) is 11.3 Å². The number of carbonyl (C=O) groups is 1. The number of hydrogen-bond donors (Lipinski definition) is 1. The second kappa shape index (κ2) is 6.29. The highest BCUT2D eigenvalue weighted by atomic mass is 16.2. The minimum Gasteiger partial charge on any atom is -0.364 e. The molecule has 0 saturated carbocycles. The Bertz CT molecular complexity index is 1190. The number of imidazole rings is 1. The van der Waals surface area contributed by atoms with Gasteiger partial charge in [0.1, 0.15) is 5.82 Å². The van der Waals surface area contributed by atoms with E-state index in [2.05, 4.69) is 25.5 Å². The molecule has 0 spiro atoms. The monoisotopic (exact) mass is 376 g/mol. The van der Waals surface area contributed by atoms with Gasteiger partial charge in [0.25, 0.3) is 5.91 Å². The number of aromatic nitrogens is 6. The summed E-state index contributed by atoms with van der Waals surface area (Å²) in [5.74, 6) is 0.777. The molecular weight excluding hydrogens is 356 g/mol. The van der Waals surface area contributed by atoms with Gasteiger partial charge in [-0.2, -0.15) is 5.10 Å². The summed E-state index contributed by atoms with van der Waals surface area (Å²) in [6, 6.07) is 5.89. The minimum absolute atomic E-state index is 0.0000241. The van der Waals surface area contributed by atoms with E-state index >= 15 is 0 Å². The molecule has 1 saturated heterocycles. The summed E-state index contributed by atoms with van der Waals surface area (Å²) in [5, 5.41) is 13.2. The number of nitrogens with one attached hydrogen (secondary N) is 1. The van der Waals surface area contributed by atoms with Crippen LogP contribution in [0.1, 0.15) is 22.5 Å². The smallest absolute Gasteiger partial charge is 0.255 e. The summed E-state index contributed by atoms with van der Waals surface area (Å²) in [5.41, 5.74) is 3.07. The Morgan fingerprint density at radius 1 is 1.25 bits per heavy atom. The third-order valence-electron chi connectivity index (χ3n) is 5.19. The molecule has 1 atom stereocenters. The number of carbonyl (C=O) groups excluding carboxylic acids is 1. The number of likely N-dealkylation sites (tertiary alicyclic amines) is 1. The van der Waals surface area contributed by atoms with Crippen molar-refractivity contribution in [2.45, 2.75) is 19.4 Å². The maximum atomic E-state index is 12.9. The Balaban J connectivity index is 1.31. The van der Waals surface area contributed by atoms with E-state index in [1.165, 1.54) is 0 Å². The topological polar surface area (TPSA) is 93.2 Å². The van der Waals surface area contributed by atoms with Crippen molar-refractivity contribution >= 4 is 28.4 Å². The van der Waals surface area contributed by atoms with Crippen LogP contribution in [-0.2, 0) is 7.05 Å². The molecule has 4 aromatic rings. The molecule has 1 unspecified atom stereocenters. The van der Waals surface area contributed by atoms with Crippen molar-refractivity contribution in [1.29, 1.82) is 0 Å². The predicted octanol–water partition coefficient (Wildman–Crippen LogP) is 1.65. The normalized spacial score (nSPS) is 16.9. The van der Waals surface area contributed by atoms with E-state index in [0.717, 1.165) is 34.6 Å². The molecule has 142 valence electrons. The molecule has 9 nitrogen and oxygen atoms in total. The van der Waals surface area contributed by atoms with Crippen LogP contribution in [0.3, 0.4) is 0 Å². The first-order valence-electron chi connectivity index (χ1n) is 9.24. The fraction of sp³-hybridized carbons (Fsp3) is 0.316. The number of fused-ring (bicyclic) bond motifs is 2. The average Bonchev–Trinajstić information content (AvgIpc) is 3.41.